The summed E-state index contributed by atoms with van der Waals surface area (Å²) in [5, 5.41) is 24.1. The second-order valence-corrected chi connectivity index (χ2v) is 11.8. The van der Waals surface area contributed by atoms with Gasteiger partial charge in [0.2, 0.25) is 0 Å². The van der Waals surface area contributed by atoms with Crippen molar-refractivity contribution in [2.24, 2.45) is 5.92 Å². The molecule has 0 atom stereocenters. The molecule has 0 amide bonds. The molecule has 1 fully saturated rings. The fraction of sp³-hybridized carbons (Fsp3) is 0.400. The highest BCUT2D eigenvalue weighted by atomic mass is 17.2. The number of ether oxygens (including phenoxy) is 1. The van der Waals surface area contributed by atoms with Gasteiger partial charge in [-0.2, -0.15) is 4.89 Å². The lowest BCUT2D eigenvalue weighted by atomic mass is 9.77. The highest BCUT2D eigenvalue weighted by Crippen LogP contribution is 2.39. The number of aliphatic hydroxyl groups is 2. The number of hydrogen-bond acceptors (Lipinski definition) is 7. The van der Waals surface area contributed by atoms with Crippen LogP contribution in [0.1, 0.15) is 75.8 Å². The molecule has 0 heterocycles. The SMILES string of the molecule is C=C(C=O)CO.C=C(CO)CCOc1cc(OOC)cc(-c2ccc(-c3ccc(C4CCC(CCC)CC4)cc3)c(CC)c2)c1.O=CO. The van der Waals surface area contributed by atoms with Crippen LogP contribution in [0.4, 0.5) is 0 Å². The topological polar surface area (TPSA) is 123 Å². The van der Waals surface area contributed by atoms with Crippen LogP contribution in [0.5, 0.6) is 11.5 Å². The number of rotatable bonds is 15. The number of aryl methyl sites for hydroxylation is 1. The minimum Gasteiger partial charge on any atom is -0.493 e. The van der Waals surface area contributed by atoms with Crippen molar-refractivity contribution in [3.63, 3.8) is 0 Å². The first-order valence-corrected chi connectivity index (χ1v) is 16.6. The first-order valence-electron chi connectivity index (χ1n) is 16.6. The van der Waals surface area contributed by atoms with Crippen LogP contribution >= 0.6 is 0 Å². The molecule has 8 nitrogen and oxygen atoms in total. The first kappa shape index (κ1) is 39.9. The second-order valence-electron chi connectivity index (χ2n) is 11.8. The van der Waals surface area contributed by atoms with Crippen LogP contribution in [-0.2, 0) is 20.9 Å². The molecule has 1 saturated carbocycles. The summed E-state index contributed by atoms with van der Waals surface area (Å²) in [4.78, 5) is 28.1. The largest absolute Gasteiger partial charge is 0.493 e. The molecule has 0 spiro atoms. The number of carboxylic acid groups (broad SMARTS) is 1. The summed E-state index contributed by atoms with van der Waals surface area (Å²) in [5.41, 5.74) is 8.41. The van der Waals surface area contributed by atoms with Gasteiger partial charge in [0.05, 0.1) is 26.9 Å². The Balaban J connectivity index is 0.000000789. The maximum atomic E-state index is 9.48. The molecular weight excluding hydrogens is 608 g/mol. The van der Waals surface area contributed by atoms with Crippen LogP contribution in [0.15, 0.2) is 85.0 Å². The Morgan fingerprint density at radius 3 is 2.04 bits per heavy atom. The van der Waals surface area contributed by atoms with E-state index in [1.807, 2.05) is 18.2 Å². The molecule has 1 aliphatic rings. The molecule has 0 radical (unpaired) electrons. The van der Waals surface area contributed by atoms with Crippen molar-refractivity contribution in [3.8, 4) is 33.8 Å². The number of aldehydes is 1. The van der Waals surface area contributed by atoms with E-state index in [9.17, 15) is 9.90 Å². The van der Waals surface area contributed by atoms with E-state index in [2.05, 4.69) is 69.5 Å². The molecule has 4 rings (SSSR count). The predicted octanol–water partition coefficient (Wildman–Crippen LogP) is 8.35. The molecular formula is C40H52O8. The number of benzene rings is 3. The molecule has 3 N–H and O–H groups in total. The quantitative estimate of drug-likeness (QED) is 0.0489. The Kier molecular flexibility index (Phi) is 18.6. The van der Waals surface area contributed by atoms with E-state index in [1.54, 1.807) is 0 Å². The monoisotopic (exact) mass is 660 g/mol. The Morgan fingerprint density at radius 2 is 1.50 bits per heavy atom. The summed E-state index contributed by atoms with van der Waals surface area (Å²) in [7, 11) is 1.49. The zero-order valence-corrected chi connectivity index (χ0v) is 28.7. The van der Waals surface area contributed by atoms with Gasteiger partial charge in [0, 0.05) is 18.1 Å². The molecule has 1 aliphatic carbocycles. The first-order chi connectivity index (χ1) is 23.3. The van der Waals surface area contributed by atoms with Crippen molar-refractivity contribution < 1.29 is 39.4 Å². The van der Waals surface area contributed by atoms with Crippen LogP contribution in [0, 0.1) is 5.92 Å². The van der Waals surface area contributed by atoms with Crippen LogP contribution in [0.25, 0.3) is 22.3 Å². The van der Waals surface area contributed by atoms with E-state index in [4.69, 9.17) is 29.5 Å². The number of carbonyl (C=O) groups is 2. The molecule has 0 aromatic heterocycles. The Labute approximate surface area is 285 Å². The molecule has 0 unspecified atom stereocenters. The van der Waals surface area contributed by atoms with Gasteiger partial charge in [-0.1, -0.05) is 82.3 Å². The number of hydrogen-bond donors (Lipinski definition) is 3. The highest BCUT2D eigenvalue weighted by Gasteiger charge is 2.22. The summed E-state index contributed by atoms with van der Waals surface area (Å²) in [6.45, 7) is 11.4. The van der Waals surface area contributed by atoms with Crippen molar-refractivity contribution in [1.29, 1.82) is 0 Å². The summed E-state index contributed by atoms with van der Waals surface area (Å²) >= 11 is 0. The normalized spacial score (nSPS) is 15.1. The van der Waals surface area contributed by atoms with Gasteiger partial charge in [0.15, 0.2) is 5.75 Å². The van der Waals surface area contributed by atoms with Gasteiger partial charge in [0.1, 0.15) is 12.0 Å². The molecule has 3 aromatic rings. The summed E-state index contributed by atoms with van der Waals surface area (Å²) in [6.07, 6.45) is 10.2. The number of carbonyl (C=O) groups excluding carboxylic acids is 1. The average Bonchev–Trinajstić information content (AvgIpc) is 3.12. The third-order valence-electron chi connectivity index (χ3n) is 8.43. The molecule has 0 aliphatic heterocycles. The van der Waals surface area contributed by atoms with Gasteiger partial charge in [-0.15, -0.1) is 0 Å². The summed E-state index contributed by atoms with van der Waals surface area (Å²) < 4.78 is 5.95. The molecule has 260 valence electrons. The fourth-order valence-electron chi connectivity index (χ4n) is 5.87. The van der Waals surface area contributed by atoms with Gasteiger partial charge >= 0.3 is 0 Å². The molecule has 0 saturated heterocycles. The molecule has 48 heavy (non-hydrogen) atoms. The van der Waals surface area contributed by atoms with Crippen LogP contribution in [0.3, 0.4) is 0 Å². The van der Waals surface area contributed by atoms with Crippen molar-refractivity contribution in [3.05, 3.63) is 96.1 Å². The fourth-order valence-corrected chi connectivity index (χ4v) is 5.87. The van der Waals surface area contributed by atoms with Crippen LogP contribution in [-0.4, -0.2) is 55.0 Å². The third kappa shape index (κ3) is 13.1. The van der Waals surface area contributed by atoms with Crippen molar-refractivity contribution in [2.75, 3.05) is 26.9 Å². The molecule has 8 heteroatoms. The third-order valence-corrected chi connectivity index (χ3v) is 8.43. The van der Waals surface area contributed by atoms with E-state index >= 15 is 0 Å². The minimum absolute atomic E-state index is 0.0314. The van der Waals surface area contributed by atoms with Gasteiger partial charge in [-0.25, -0.2) is 0 Å². The zero-order valence-electron chi connectivity index (χ0n) is 28.7. The van der Waals surface area contributed by atoms with E-state index in [1.165, 1.54) is 67.9 Å². The minimum atomic E-state index is -0.250. The van der Waals surface area contributed by atoms with Crippen LogP contribution in [0.2, 0.25) is 0 Å². The van der Waals surface area contributed by atoms with Gasteiger partial charge in [-0.3, -0.25) is 9.59 Å². The molecule has 0 bridgehead atoms. The lowest BCUT2D eigenvalue weighted by molar-refractivity contribution is -0.178. The second kappa shape index (κ2) is 22.4. The highest BCUT2D eigenvalue weighted by molar-refractivity contribution is 5.75. The smallest absolute Gasteiger partial charge is 0.290 e. The van der Waals surface area contributed by atoms with Crippen molar-refractivity contribution >= 4 is 12.8 Å². The standard InChI is InChI=1S/C35H44O4.C4H6O2.CH2O2/c1-5-7-26-8-10-28(11-9-26)29-12-14-30(15-13-29)35-17-16-31(20-27(35)6-2)32-21-33(23-34(22-32)39-37-4)38-19-18-25(3)24-36;1-4(2-5)3-6;2-1-3/h12-17,20-23,26,28,36H,3,5-11,18-19,24H2,1-2,4H3;2,6H,1,3H2;1H,(H,2,3). The van der Waals surface area contributed by atoms with E-state index in [0.717, 1.165) is 29.0 Å². The van der Waals surface area contributed by atoms with E-state index in [-0.39, 0.29) is 25.3 Å². The Hall–Kier alpha value is -4.24. The maximum Gasteiger partial charge on any atom is 0.290 e. The van der Waals surface area contributed by atoms with Gasteiger partial charge < -0.3 is 24.9 Å². The maximum absolute atomic E-state index is 9.48. The average molecular weight is 661 g/mol. The van der Waals surface area contributed by atoms with E-state index in [0.29, 0.717) is 36.7 Å². The summed E-state index contributed by atoms with van der Waals surface area (Å²) in [5.74, 6) is 2.91. The predicted molar refractivity (Wildman–Crippen MR) is 191 cm³/mol. The summed E-state index contributed by atoms with van der Waals surface area (Å²) in [6, 6.07) is 21.8. The zero-order chi connectivity index (χ0) is 35.3. The van der Waals surface area contributed by atoms with Crippen LogP contribution < -0.4 is 9.62 Å². The van der Waals surface area contributed by atoms with Crippen molar-refractivity contribution in [2.45, 2.75) is 71.1 Å². The van der Waals surface area contributed by atoms with Gasteiger partial charge in [-0.05, 0) is 95.0 Å². The van der Waals surface area contributed by atoms with Crippen molar-refractivity contribution in [1.82, 2.24) is 0 Å². The number of aliphatic hydroxyl groups excluding tert-OH is 2. The molecule has 3 aromatic carbocycles. The van der Waals surface area contributed by atoms with Gasteiger partial charge in [0.25, 0.3) is 6.47 Å². The Morgan fingerprint density at radius 1 is 0.854 bits per heavy atom. The Bertz CT molecular complexity index is 1420. The lowest BCUT2D eigenvalue weighted by Crippen LogP contribution is -2.13. The van der Waals surface area contributed by atoms with E-state index < -0.39 is 0 Å². The lowest BCUT2D eigenvalue weighted by Gasteiger charge is -2.28.